The molecule has 0 aliphatic rings. The van der Waals surface area contributed by atoms with E-state index in [0.29, 0.717) is 37.2 Å². The maximum atomic E-state index is 12.1. The van der Waals surface area contributed by atoms with Gasteiger partial charge in [-0.05, 0) is 38.1 Å². The largest absolute Gasteiger partial charge is 0.396 e. The van der Waals surface area contributed by atoms with E-state index in [-0.39, 0.29) is 24.5 Å². The summed E-state index contributed by atoms with van der Waals surface area (Å²) in [6.07, 6.45) is 1.63. The first kappa shape index (κ1) is 17.7. The zero-order valence-electron chi connectivity index (χ0n) is 12.7. The van der Waals surface area contributed by atoms with E-state index in [2.05, 4.69) is 5.32 Å². The maximum absolute atomic E-state index is 12.1. The van der Waals surface area contributed by atoms with Crippen LogP contribution in [0.1, 0.15) is 42.8 Å². The van der Waals surface area contributed by atoms with Gasteiger partial charge in [0.05, 0.1) is 4.88 Å². The minimum absolute atomic E-state index is 0.0730. The van der Waals surface area contributed by atoms with Gasteiger partial charge in [0.25, 0.3) is 5.91 Å². The van der Waals surface area contributed by atoms with E-state index in [4.69, 9.17) is 5.11 Å². The van der Waals surface area contributed by atoms with Gasteiger partial charge in [0.2, 0.25) is 5.91 Å². The number of carbonyl (C=O) groups excluding carboxylic acids is 2. The van der Waals surface area contributed by atoms with Crippen LogP contribution in [0.15, 0.2) is 17.5 Å². The van der Waals surface area contributed by atoms with Crippen LogP contribution in [0.25, 0.3) is 0 Å². The van der Waals surface area contributed by atoms with Crippen molar-refractivity contribution in [1.29, 1.82) is 0 Å². The highest BCUT2D eigenvalue weighted by molar-refractivity contribution is 7.12. The second-order valence-electron chi connectivity index (χ2n) is 5.09. The minimum Gasteiger partial charge on any atom is -0.396 e. The summed E-state index contributed by atoms with van der Waals surface area (Å²) in [6.45, 7) is 5.10. The van der Waals surface area contributed by atoms with E-state index in [1.54, 1.807) is 11.0 Å². The monoisotopic (exact) mass is 312 g/mol. The van der Waals surface area contributed by atoms with E-state index in [9.17, 15) is 9.59 Å². The molecule has 0 spiro atoms. The molecule has 0 aromatic carbocycles. The van der Waals surface area contributed by atoms with Gasteiger partial charge in [-0.3, -0.25) is 9.59 Å². The van der Waals surface area contributed by atoms with Crippen molar-refractivity contribution in [1.82, 2.24) is 10.2 Å². The van der Waals surface area contributed by atoms with Gasteiger partial charge in [-0.1, -0.05) is 6.07 Å². The van der Waals surface area contributed by atoms with Gasteiger partial charge in [-0.15, -0.1) is 11.3 Å². The summed E-state index contributed by atoms with van der Waals surface area (Å²) in [6, 6.07) is 3.75. The van der Waals surface area contributed by atoms with Crippen LogP contribution >= 0.6 is 11.3 Å². The van der Waals surface area contributed by atoms with Gasteiger partial charge in [0.1, 0.15) is 0 Å². The number of aliphatic hydroxyl groups excluding tert-OH is 1. The van der Waals surface area contributed by atoms with Crippen molar-refractivity contribution in [2.45, 2.75) is 39.2 Å². The molecule has 1 heterocycles. The summed E-state index contributed by atoms with van der Waals surface area (Å²) in [4.78, 5) is 26.3. The Kier molecular flexibility index (Phi) is 8.00. The number of aliphatic hydroxyl groups is 1. The van der Waals surface area contributed by atoms with Gasteiger partial charge < -0.3 is 15.3 Å². The molecule has 0 unspecified atom stereocenters. The molecule has 21 heavy (non-hydrogen) atoms. The van der Waals surface area contributed by atoms with E-state index < -0.39 is 0 Å². The number of hydrogen-bond donors (Lipinski definition) is 2. The van der Waals surface area contributed by atoms with E-state index in [1.807, 2.05) is 25.3 Å². The Hall–Kier alpha value is -1.40. The molecule has 0 aliphatic carbocycles. The van der Waals surface area contributed by atoms with Crippen LogP contribution in [-0.4, -0.2) is 47.6 Å². The maximum Gasteiger partial charge on any atom is 0.261 e. The molecule has 118 valence electrons. The van der Waals surface area contributed by atoms with Gasteiger partial charge >= 0.3 is 0 Å². The molecule has 1 aromatic heterocycles. The summed E-state index contributed by atoms with van der Waals surface area (Å²) in [5.74, 6) is -0.0118. The fraction of sp³-hybridized carbons (Fsp3) is 0.600. The summed E-state index contributed by atoms with van der Waals surface area (Å²) < 4.78 is 0. The number of amides is 2. The predicted molar refractivity (Wildman–Crippen MR) is 84.4 cm³/mol. The molecule has 0 aliphatic heterocycles. The molecule has 0 saturated carbocycles. The van der Waals surface area contributed by atoms with Crippen molar-refractivity contribution in [3.8, 4) is 0 Å². The Morgan fingerprint density at radius 3 is 2.71 bits per heavy atom. The van der Waals surface area contributed by atoms with Crippen molar-refractivity contribution in [3.63, 3.8) is 0 Å². The summed E-state index contributed by atoms with van der Waals surface area (Å²) >= 11 is 1.40. The average molecular weight is 312 g/mol. The second kappa shape index (κ2) is 9.52. The van der Waals surface area contributed by atoms with Crippen molar-refractivity contribution in [3.05, 3.63) is 22.4 Å². The molecule has 2 N–H and O–H groups in total. The molecule has 0 radical (unpaired) electrons. The standard InChI is InChI=1S/C15H24N2O3S/c1-12(2)17(9-5-10-18)14(19)7-3-8-16-15(20)13-6-4-11-21-13/h4,6,11-12,18H,3,5,7-10H2,1-2H3,(H,16,20). The molecule has 1 rings (SSSR count). The van der Waals surface area contributed by atoms with Crippen molar-refractivity contribution in [2.24, 2.45) is 0 Å². The lowest BCUT2D eigenvalue weighted by Crippen LogP contribution is -2.38. The van der Waals surface area contributed by atoms with Crippen molar-refractivity contribution in [2.75, 3.05) is 19.7 Å². The number of nitrogens with one attached hydrogen (secondary N) is 1. The molecule has 5 nitrogen and oxygen atoms in total. The topological polar surface area (TPSA) is 69.6 Å². The van der Waals surface area contributed by atoms with Gasteiger partial charge in [-0.25, -0.2) is 0 Å². The minimum atomic E-state index is -0.0848. The van der Waals surface area contributed by atoms with E-state index in [1.165, 1.54) is 11.3 Å². The lowest BCUT2D eigenvalue weighted by atomic mass is 10.2. The third-order valence-corrected chi connectivity index (χ3v) is 3.97. The highest BCUT2D eigenvalue weighted by Crippen LogP contribution is 2.08. The zero-order chi connectivity index (χ0) is 15.7. The third-order valence-electron chi connectivity index (χ3n) is 3.10. The van der Waals surface area contributed by atoms with Crippen LogP contribution in [0.3, 0.4) is 0 Å². The highest BCUT2D eigenvalue weighted by atomic mass is 32.1. The van der Waals surface area contributed by atoms with Crippen molar-refractivity contribution < 1.29 is 14.7 Å². The van der Waals surface area contributed by atoms with Crippen LogP contribution in [0, 0.1) is 0 Å². The number of rotatable bonds is 9. The number of hydrogen-bond acceptors (Lipinski definition) is 4. The third kappa shape index (κ3) is 6.27. The smallest absolute Gasteiger partial charge is 0.261 e. The Morgan fingerprint density at radius 1 is 1.38 bits per heavy atom. The quantitative estimate of drug-likeness (QED) is 0.684. The Bertz CT molecular complexity index is 432. The van der Waals surface area contributed by atoms with Crippen LogP contribution in [0.4, 0.5) is 0 Å². The SMILES string of the molecule is CC(C)N(CCCO)C(=O)CCCNC(=O)c1cccs1. The molecule has 1 aromatic rings. The first-order valence-electron chi connectivity index (χ1n) is 7.28. The summed E-state index contributed by atoms with van der Waals surface area (Å²) in [5, 5.41) is 13.5. The fourth-order valence-corrected chi connectivity index (χ4v) is 2.63. The number of carbonyl (C=O) groups is 2. The first-order valence-corrected chi connectivity index (χ1v) is 8.16. The molecule has 2 amide bonds. The molecular weight excluding hydrogens is 288 g/mol. The van der Waals surface area contributed by atoms with Gasteiger partial charge in [0, 0.05) is 32.2 Å². The first-order chi connectivity index (χ1) is 10.1. The fourth-order valence-electron chi connectivity index (χ4n) is 1.99. The average Bonchev–Trinajstić information content (AvgIpc) is 2.97. The highest BCUT2D eigenvalue weighted by Gasteiger charge is 2.16. The number of nitrogens with zero attached hydrogens (tertiary/aromatic N) is 1. The van der Waals surface area contributed by atoms with Gasteiger partial charge in [-0.2, -0.15) is 0 Å². The van der Waals surface area contributed by atoms with E-state index >= 15 is 0 Å². The summed E-state index contributed by atoms with van der Waals surface area (Å²) in [5.41, 5.74) is 0. The van der Waals surface area contributed by atoms with Crippen molar-refractivity contribution >= 4 is 23.2 Å². The van der Waals surface area contributed by atoms with Gasteiger partial charge in [0.15, 0.2) is 0 Å². The van der Waals surface area contributed by atoms with E-state index in [0.717, 1.165) is 0 Å². The Labute approximate surface area is 130 Å². The molecular formula is C15H24N2O3S. The van der Waals surface area contributed by atoms with Crippen LogP contribution < -0.4 is 5.32 Å². The number of thiophene rings is 1. The van der Waals surface area contributed by atoms with Crippen LogP contribution in [0.2, 0.25) is 0 Å². The predicted octanol–water partition coefficient (Wildman–Crippen LogP) is 1.88. The molecule has 0 atom stereocenters. The molecule has 6 heteroatoms. The normalized spacial score (nSPS) is 10.7. The summed E-state index contributed by atoms with van der Waals surface area (Å²) in [7, 11) is 0. The lowest BCUT2D eigenvalue weighted by Gasteiger charge is -2.26. The Morgan fingerprint density at radius 2 is 2.14 bits per heavy atom. The lowest BCUT2D eigenvalue weighted by molar-refractivity contribution is -0.133. The Balaban J connectivity index is 2.27. The molecule has 0 saturated heterocycles. The van der Waals surface area contributed by atoms with Crippen LogP contribution in [0.5, 0.6) is 0 Å². The second-order valence-corrected chi connectivity index (χ2v) is 6.04. The molecule has 0 fully saturated rings. The van der Waals surface area contributed by atoms with Crippen LogP contribution in [-0.2, 0) is 4.79 Å². The zero-order valence-corrected chi connectivity index (χ0v) is 13.5. The molecule has 0 bridgehead atoms.